The Hall–Kier alpha value is -1.77. The number of amides is 1. The second-order valence-corrected chi connectivity index (χ2v) is 23.3. The molecular weight excluding hydrogens is 904 g/mol. The fourth-order valence-electron chi connectivity index (χ4n) is 8.85. The Kier molecular flexibility index (Phi) is 50.4. The zero-order chi connectivity index (χ0) is 52.2. The SMILES string of the molecule is CCCCC/C=C\C/C=C\CCCCCCCCCC(=O)NC(COP(=O)(O)OCC[N+](C)(C)C)C(/C=C/CCCCCCCCCCC)OC(=O)CCCCCCCCCCCCCCCCCCC. The van der Waals surface area contributed by atoms with E-state index >= 15 is 0 Å². The van der Waals surface area contributed by atoms with Gasteiger partial charge in [0.2, 0.25) is 5.91 Å². The largest absolute Gasteiger partial charge is 0.472 e. The van der Waals surface area contributed by atoms with E-state index in [1.54, 1.807) is 0 Å². The van der Waals surface area contributed by atoms with E-state index in [1.165, 1.54) is 180 Å². The van der Waals surface area contributed by atoms with Crippen LogP contribution < -0.4 is 5.32 Å². The van der Waals surface area contributed by atoms with Crippen LogP contribution in [0.1, 0.15) is 290 Å². The summed E-state index contributed by atoms with van der Waals surface area (Å²) in [6.07, 6.45) is 61.3. The van der Waals surface area contributed by atoms with Gasteiger partial charge >= 0.3 is 13.8 Å². The van der Waals surface area contributed by atoms with E-state index in [2.05, 4.69) is 50.4 Å². The zero-order valence-corrected chi connectivity index (χ0v) is 48.6. The predicted molar refractivity (Wildman–Crippen MR) is 305 cm³/mol. The maximum absolute atomic E-state index is 13.5. The lowest BCUT2D eigenvalue weighted by Crippen LogP contribution is -2.47. The first kappa shape index (κ1) is 69.2. The van der Waals surface area contributed by atoms with Crippen molar-refractivity contribution in [2.45, 2.75) is 303 Å². The van der Waals surface area contributed by atoms with Crippen LogP contribution in [0, 0.1) is 0 Å². The molecule has 0 aliphatic heterocycles. The first-order valence-corrected chi connectivity index (χ1v) is 31.8. The fraction of sp³-hybridized carbons (Fsp3) is 0.869. The van der Waals surface area contributed by atoms with Gasteiger partial charge in [0.05, 0.1) is 33.8 Å². The van der Waals surface area contributed by atoms with Crippen LogP contribution in [-0.2, 0) is 27.9 Å². The van der Waals surface area contributed by atoms with E-state index < -0.39 is 20.0 Å². The number of carbonyl (C=O) groups excluding carboxylic acids is 2. The van der Waals surface area contributed by atoms with Gasteiger partial charge in [0, 0.05) is 12.8 Å². The van der Waals surface area contributed by atoms with Crippen molar-refractivity contribution < 1.29 is 37.3 Å². The standard InChI is InChI=1S/C61H117N2O7P/c1-7-10-13-16-19-22-25-27-29-31-33-35-38-41-44-47-50-53-60(64)62-58(57-69-71(66,67)68-56-55-63(4,5)6)59(52-49-46-43-40-37-24-21-18-15-12-9-3)70-61(65)54-51-48-45-42-39-36-34-32-30-28-26-23-20-17-14-11-8-2/h19,22,27,29,49,52,58-59H,7-18,20-21,23-26,28,30-48,50-51,53-57H2,1-6H3,(H-,62,64,66,67)/p+1/b22-19-,29-27-,52-49+. The van der Waals surface area contributed by atoms with E-state index in [0.717, 1.165) is 77.0 Å². The van der Waals surface area contributed by atoms with Crippen LogP contribution in [-0.4, -0.2) is 74.3 Å². The highest BCUT2D eigenvalue weighted by molar-refractivity contribution is 7.47. The molecule has 418 valence electrons. The number of allylic oxidation sites excluding steroid dienone is 5. The minimum atomic E-state index is -4.44. The first-order valence-electron chi connectivity index (χ1n) is 30.3. The highest BCUT2D eigenvalue weighted by atomic mass is 31.2. The topological polar surface area (TPSA) is 111 Å². The summed E-state index contributed by atoms with van der Waals surface area (Å²) in [7, 11) is 1.50. The molecule has 0 fully saturated rings. The smallest absolute Gasteiger partial charge is 0.456 e. The number of quaternary nitrogens is 1. The molecule has 0 aliphatic carbocycles. The summed E-state index contributed by atoms with van der Waals surface area (Å²) in [5, 5.41) is 3.05. The quantitative estimate of drug-likeness (QED) is 0.0205. The van der Waals surface area contributed by atoms with Crippen molar-refractivity contribution in [1.82, 2.24) is 5.32 Å². The van der Waals surface area contributed by atoms with Crippen LogP contribution in [0.25, 0.3) is 0 Å². The monoisotopic (exact) mass is 1020 g/mol. The summed E-state index contributed by atoms with van der Waals surface area (Å²) in [5.41, 5.74) is 0. The van der Waals surface area contributed by atoms with Crippen LogP contribution in [0.2, 0.25) is 0 Å². The molecule has 9 nitrogen and oxygen atoms in total. The highest BCUT2D eigenvalue weighted by Gasteiger charge is 2.30. The van der Waals surface area contributed by atoms with Gasteiger partial charge in [-0.3, -0.25) is 18.6 Å². The number of phosphoric acid groups is 1. The molecule has 0 spiro atoms. The maximum atomic E-state index is 13.5. The lowest BCUT2D eigenvalue weighted by molar-refractivity contribution is -0.870. The van der Waals surface area contributed by atoms with Gasteiger partial charge in [-0.2, -0.15) is 0 Å². The third-order valence-corrected chi connectivity index (χ3v) is 14.6. The number of rotatable bonds is 55. The van der Waals surface area contributed by atoms with Crippen LogP contribution in [0.15, 0.2) is 36.5 Å². The summed E-state index contributed by atoms with van der Waals surface area (Å²) < 4.78 is 30.7. The molecule has 0 aromatic heterocycles. The van der Waals surface area contributed by atoms with Crippen LogP contribution in [0.4, 0.5) is 0 Å². The van der Waals surface area contributed by atoms with Crippen molar-refractivity contribution in [2.24, 2.45) is 0 Å². The predicted octanol–water partition coefficient (Wildman–Crippen LogP) is 18.3. The first-order chi connectivity index (χ1) is 34.4. The Bertz CT molecular complexity index is 1310. The minimum absolute atomic E-state index is 0.0406. The molecule has 3 unspecified atom stereocenters. The molecule has 0 aromatic carbocycles. The molecule has 0 saturated carbocycles. The minimum Gasteiger partial charge on any atom is -0.456 e. The lowest BCUT2D eigenvalue weighted by Gasteiger charge is -2.27. The van der Waals surface area contributed by atoms with Gasteiger partial charge in [-0.15, -0.1) is 0 Å². The van der Waals surface area contributed by atoms with E-state index in [1.807, 2.05) is 33.3 Å². The number of likely N-dealkylation sites (N-methyl/N-ethyl adjacent to an activating group) is 1. The molecule has 1 amide bonds. The molecule has 0 aromatic rings. The Morgan fingerprint density at radius 3 is 1.30 bits per heavy atom. The normalized spacial score (nSPS) is 14.0. The molecule has 0 bridgehead atoms. The molecule has 0 heterocycles. The number of hydrogen-bond acceptors (Lipinski definition) is 6. The van der Waals surface area contributed by atoms with E-state index in [0.29, 0.717) is 23.9 Å². The van der Waals surface area contributed by atoms with Gasteiger partial charge in [-0.1, -0.05) is 250 Å². The number of ether oxygens (including phenoxy) is 1. The Balaban J connectivity index is 5.24. The molecule has 0 rings (SSSR count). The highest BCUT2D eigenvalue weighted by Crippen LogP contribution is 2.43. The van der Waals surface area contributed by atoms with Gasteiger partial charge in [-0.05, 0) is 63.9 Å². The molecule has 3 atom stereocenters. The van der Waals surface area contributed by atoms with Crippen molar-refractivity contribution in [3.63, 3.8) is 0 Å². The number of phosphoric ester groups is 1. The van der Waals surface area contributed by atoms with Crippen LogP contribution in [0.3, 0.4) is 0 Å². The third kappa shape index (κ3) is 52.9. The molecule has 0 aliphatic rings. The second-order valence-electron chi connectivity index (χ2n) is 21.9. The summed E-state index contributed by atoms with van der Waals surface area (Å²) in [4.78, 5) is 37.6. The van der Waals surface area contributed by atoms with Gasteiger partial charge in [0.25, 0.3) is 0 Å². The maximum Gasteiger partial charge on any atom is 0.472 e. The molecule has 0 saturated heterocycles. The second kappa shape index (κ2) is 51.7. The average molecular weight is 1020 g/mol. The number of nitrogens with one attached hydrogen (secondary N) is 1. The number of carbonyl (C=O) groups is 2. The van der Waals surface area contributed by atoms with Crippen LogP contribution >= 0.6 is 7.82 Å². The Morgan fingerprint density at radius 1 is 0.493 bits per heavy atom. The number of unbranched alkanes of at least 4 members (excludes halogenated alkanes) is 35. The summed E-state index contributed by atoms with van der Waals surface area (Å²) in [6, 6.07) is -0.847. The van der Waals surface area contributed by atoms with Gasteiger partial charge in [0.1, 0.15) is 19.3 Å². The van der Waals surface area contributed by atoms with Gasteiger partial charge < -0.3 is 19.4 Å². The number of hydrogen-bond donors (Lipinski definition) is 2. The van der Waals surface area contributed by atoms with Gasteiger partial charge in [-0.25, -0.2) is 4.57 Å². The molecule has 0 radical (unpaired) electrons. The summed E-state index contributed by atoms with van der Waals surface area (Å²) in [6.45, 7) is 7.00. The van der Waals surface area contributed by atoms with E-state index in [-0.39, 0.29) is 25.1 Å². The fourth-order valence-corrected chi connectivity index (χ4v) is 9.59. The van der Waals surface area contributed by atoms with Crippen molar-refractivity contribution in [3.05, 3.63) is 36.5 Å². The molecule has 2 N–H and O–H groups in total. The molecule has 10 heteroatoms. The lowest BCUT2D eigenvalue weighted by atomic mass is 10.0. The summed E-state index contributed by atoms with van der Waals surface area (Å²) >= 11 is 0. The summed E-state index contributed by atoms with van der Waals surface area (Å²) in [5.74, 6) is -0.503. The number of nitrogens with zero attached hydrogens (tertiary/aromatic N) is 1. The third-order valence-electron chi connectivity index (χ3n) is 13.6. The van der Waals surface area contributed by atoms with Gasteiger partial charge in [0.15, 0.2) is 0 Å². The van der Waals surface area contributed by atoms with Crippen molar-refractivity contribution >= 4 is 19.7 Å². The Labute approximate surface area is 440 Å². The van der Waals surface area contributed by atoms with E-state index in [4.69, 9.17) is 13.8 Å². The molecular formula is C61H118N2O7P+. The molecule has 71 heavy (non-hydrogen) atoms. The number of esters is 1. The van der Waals surface area contributed by atoms with Crippen molar-refractivity contribution in [1.29, 1.82) is 0 Å². The van der Waals surface area contributed by atoms with Crippen molar-refractivity contribution in [2.75, 3.05) is 40.9 Å². The zero-order valence-electron chi connectivity index (χ0n) is 47.7. The van der Waals surface area contributed by atoms with E-state index in [9.17, 15) is 19.0 Å². The average Bonchev–Trinajstić information content (AvgIpc) is 3.33. The van der Waals surface area contributed by atoms with Crippen molar-refractivity contribution in [3.8, 4) is 0 Å². The Morgan fingerprint density at radius 2 is 0.859 bits per heavy atom. The van der Waals surface area contributed by atoms with Crippen LogP contribution in [0.5, 0.6) is 0 Å².